The van der Waals surface area contributed by atoms with Gasteiger partial charge in [0.2, 0.25) is 0 Å². The highest BCUT2D eigenvalue weighted by Gasteiger charge is 2.16. The third-order valence-corrected chi connectivity index (χ3v) is 3.44. The SMILES string of the molecule is C[C@@H](OC(=O)/C=C/c1ccc(C#N)cc1)C(=O)Nc1cccc(Cl)c1. The zero-order valence-corrected chi connectivity index (χ0v) is 14.2. The molecule has 1 N–H and O–H groups in total. The van der Waals surface area contributed by atoms with Gasteiger partial charge in [-0.15, -0.1) is 0 Å². The fourth-order valence-corrected chi connectivity index (χ4v) is 2.10. The van der Waals surface area contributed by atoms with Crippen molar-refractivity contribution in [3.8, 4) is 6.07 Å². The molecule has 2 rings (SSSR count). The van der Waals surface area contributed by atoms with Gasteiger partial charge in [-0.3, -0.25) is 4.79 Å². The molecule has 0 aliphatic heterocycles. The lowest BCUT2D eigenvalue weighted by molar-refractivity contribution is -0.148. The van der Waals surface area contributed by atoms with Gasteiger partial charge in [0.1, 0.15) is 0 Å². The number of nitrogens with one attached hydrogen (secondary N) is 1. The molecular weight excluding hydrogens is 340 g/mol. The maximum absolute atomic E-state index is 12.0. The smallest absolute Gasteiger partial charge is 0.331 e. The molecule has 2 aromatic rings. The maximum Gasteiger partial charge on any atom is 0.331 e. The average Bonchev–Trinajstić information content (AvgIpc) is 2.60. The van der Waals surface area contributed by atoms with Crippen molar-refractivity contribution in [2.45, 2.75) is 13.0 Å². The van der Waals surface area contributed by atoms with Gasteiger partial charge in [-0.1, -0.05) is 29.8 Å². The van der Waals surface area contributed by atoms with Crippen LogP contribution in [0.25, 0.3) is 6.08 Å². The molecule has 25 heavy (non-hydrogen) atoms. The molecule has 1 amide bonds. The third-order valence-electron chi connectivity index (χ3n) is 3.21. The van der Waals surface area contributed by atoms with Crippen LogP contribution in [0.15, 0.2) is 54.6 Å². The van der Waals surface area contributed by atoms with E-state index in [0.717, 1.165) is 5.56 Å². The van der Waals surface area contributed by atoms with Crippen LogP contribution in [0.4, 0.5) is 5.69 Å². The standard InChI is InChI=1S/C19H15ClN2O3/c1-13(19(24)22-17-4-2-3-16(20)11-17)25-18(23)10-9-14-5-7-15(12-21)8-6-14/h2-11,13H,1H3,(H,22,24)/b10-9+/t13-/m1/s1. The molecule has 0 radical (unpaired) electrons. The Bertz CT molecular complexity index is 838. The molecule has 0 spiro atoms. The van der Waals surface area contributed by atoms with Crippen LogP contribution in [0.3, 0.4) is 0 Å². The zero-order chi connectivity index (χ0) is 18.2. The van der Waals surface area contributed by atoms with Crippen LogP contribution in [0.1, 0.15) is 18.1 Å². The number of esters is 1. The van der Waals surface area contributed by atoms with Gasteiger partial charge in [0.05, 0.1) is 11.6 Å². The molecule has 0 saturated heterocycles. The van der Waals surface area contributed by atoms with Gasteiger partial charge in [0, 0.05) is 16.8 Å². The Labute approximate surface area is 150 Å². The van der Waals surface area contributed by atoms with Gasteiger partial charge in [0.25, 0.3) is 5.91 Å². The van der Waals surface area contributed by atoms with Crippen LogP contribution in [0, 0.1) is 11.3 Å². The number of hydrogen-bond donors (Lipinski definition) is 1. The molecule has 1 atom stereocenters. The molecular formula is C19H15ClN2O3. The minimum Gasteiger partial charge on any atom is -0.449 e. The predicted octanol–water partition coefficient (Wildman–Crippen LogP) is 3.80. The van der Waals surface area contributed by atoms with Gasteiger partial charge in [0.15, 0.2) is 6.10 Å². The number of nitriles is 1. The quantitative estimate of drug-likeness (QED) is 0.654. The van der Waals surface area contributed by atoms with Crippen LogP contribution in [0.5, 0.6) is 0 Å². The van der Waals surface area contributed by atoms with E-state index >= 15 is 0 Å². The largest absolute Gasteiger partial charge is 0.449 e. The van der Waals surface area contributed by atoms with Crippen molar-refractivity contribution in [3.05, 3.63) is 70.8 Å². The second-order valence-corrected chi connectivity index (χ2v) is 5.58. The second-order valence-electron chi connectivity index (χ2n) is 5.15. The van der Waals surface area contributed by atoms with Crippen LogP contribution in [-0.2, 0) is 14.3 Å². The van der Waals surface area contributed by atoms with Crippen molar-refractivity contribution in [1.29, 1.82) is 5.26 Å². The molecule has 5 nitrogen and oxygen atoms in total. The molecule has 0 unspecified atom stereocenters. The molecule has 2 aromatic carbocycles. The number of carbonyl (C=O) groups is 2. The highest BCUT2D eigenvalue weighted by atomic mass is 35.5. The molecule has 0 heterocycles. The summed E-state index contributed by atoms with van der Waals surface area (Å²) >= 11 is 5.85. The van der Waals surface area contributed by atoms with Crippen LogP contribution >= 0.6 is 11.6 Å². The first-order valence-electron chi connectivity index (χ1n) is 7.43. The minimum atomic E-state index is -0.961. The van der Waals surface area contributed by atoms with E-state index in [1.54, 1.807) is 54.6 Å². The van der Waals surface area contributed by atoms with E-state index in [-0.39, 0.29) is 0 Å². The lowest BCUT2D eigenvalue weighted by Crippen LogP contribution is -2.29. The Kier molecular flexibility index (Phi) is 6.33. The lowest BCUT2D eigenvalue weighted by atomic mass is 10.1. The number of ether oxygens (including phenoxy) is 1. The topological polar surface area (TPSA) is 79.2 Å². The number of hydrogen-bond acceptors (Lipinski definition) is 4. The molecule has 0 aromatic heterocycles. The summed E-state index contributed by atoms with van der Waals surface area (Å²) in [5.41, 5.74) is 1.80. The monoisotopic (exact) mass is 354 g/mol. The Balaban J connectivity index is 1.89. The van der Waals surface area contributed by atoms with Crippen molar-refractivity contribution in [3.63, 3.8) is 0 Å². The van der Waals surface area contributed by atoms with E-state index in [0.29, 0.717) is 16.3 Å². The van der Waals surface area contributed by atoms with Gasteiger partial charge < -0.3 is 10.1 Å². The van der Waals surface area contributed by atoms with Crippen molar-refractivity contribution >= 4 is 35.2 Å². The number of halogens is 1. The third kappa shape index (κ3) is 5.79. The van der Waals surface area contributed by atoms with Crippen molar-refractivity contribution in [2.24, 2.45) is 0 Å². The lowest BCUT2D eigenvalue weighted by Gasteiger charge is -2.12. The van der Waals surface area contributed by atoms with Gasteiger partial charge in [-0.05, 0) is 48.9 Å². The van der Waals surface area contributed by atoms with Crippen LogP contribution < -0.4 is 5.32 Å². The van der Waals surface area contributed by atoms with E-state index in [1.807, 2.05) is 6.07 Å². The van der Waals surface area contributed by atoms with Crippen molar-refractivity contribution in [1.82, 2.24) is 0 Å². The van der Waals surface area contributed by atoms with Gasteiger partial charge >= 0.3 is 5.97 Å². The van der Waals surface area contributed by atoms with E-state index in [1.165, 1.54) is 13.0 Å². The highest BCUT2D eigenvalue weighted by Crippen LogP contribution is 2.15. The molecule has 126 valence electrons. The number of rotatable bonds is 5. The zero-order valence-electron chi connectivity index (χ0n) is 13.4. The second kappa shape index (κ2) is 8.67. The number of carbonyl (C=O) groups excluding carboxylic acids is 2. The number of anilines is 1. The van der Waals surface area contributed by atoms with Gasteiger partial charge in [-0.2, -0.15) is 5.26 Å². The van der Waals surface area contributed by atoms with Crippen molar-refractivity contribution in [2.75, 3.05) is 5.32 Å². The molecule has 0 aliphatic carbocycles. The molecule has 6 heteroatoms. The van der Waals surface area contributed by atoms with Crippen LogP contribution in [0.2, 0.25) is 5.02 Å². The first kappa shape index (κ1) is 18.2. The normalized spacial score (nSPS) is 11.6. The summed E-state index contributed by atoms with van der Waals surface area (Å²) in [6.07, 6.45) is 1.81. The summed E-state index contributed by atoms with van der Waals surface area (Å²) in [6, 6.07) is 15.4. The molecule has 0 bridgehead atoms. The maximum atomic E-state index is 12.0. The Morgan fingerprint density at radius 2 is 1.96 bits per heavy atom. The Morgan fingerprint density at radius 3 is 2.60 bits per heavy atom. The Morgan fingerprint density at radius 1 is 1.24 bits per heavy atom. The fourth-order valence-electron chi connectivity index (χ4n) is 1.91. The number of benzene rings is 2. The summed E-state index contributed by atoms with van der Waals surface area (Å²) in [7, 11) is 0. The first-order chi connectivity index (χ1) is 12.0. The minimum absolute atomic E-state index is 0.456. The average molecular weight is 355 g/mol. The van der Waals surface area contributed by atoms with E-state index < -0.39 is 18.0 Å². The summed E-state index contributed by atoms with van der Waals surface area (Å²) in [4.78, 5) is 23.8. The predicted molar refractivity (Wildman–Crippen MR) is 95.8 cm³/mol. The summed E-state index contributed by atoms with van der Waals surface area (Å²) in [6.45, 7) is 1.48. The number of nitrogens with zero attached hydrogens (tertiary/aromatic N) is 1. The summed E-state index contributed by atoms with van der Waals surface area (Å²) < 4.78 is 5.06. The van der Waals surface area contributed by atoms with E-state index in [4.69, 9.17) is 21.6 Å². The van der Waals surface area contributed by atoms with E-state index in [9.17, 15) is 9.59 Å². The van der Waals surface area contributed by atoms with E-state index in [2.05, 4.69) is 5.32 Å². The highest BCUT2D eigenvalue weighted by molar-refractivity contribution is 6.30. The molecule has 0 saturated carbocycles. The first-order valence-corrected chi connectivity index (χ1v) is 7.81. The Hall–Kier alpha value is -3.10. The van der Waals surface area contributed by atoms with Gasteiger partial charge in [-0.25, -0.2) is 4.79 Å². The molecule has 0 fully saturated rings. The van der Waals surface area contributed by atoms with Crippen LogP contribution in [-0.4, -0.2) is 18.0 Å². The number of amides is 1. The fraction of sp³-hybridized carbons (Fsp3) is 0.105. The molecule has 0 aliphatic rings. The summed E-state index contributed by atoms with van der Waals surface area (Å²) in [5, 5.41) is 11.8. The summed E-state index contributed by atoms with van der Waals surface area (Å²) in [5.74, 6) is -1.10. The van der Waals surface area contributed by atoms with Crippen molar-refractivity contribution < 1.29 is 14.3 Å².